The van der Waals surface area contributed by atoms with Crippen LogP contribution in [0.15, 0.2) is 30.3 Å². The maximum Gasteiger partial charge on any atom is 0.173 e. The number of hydrogen-bond acceptors (Lipinski definition) is 4. The fourth-order valence-electron chi connectivity index (χ4n) is 2.87. The molecule has 1 aliphatic heterocycles. The number of nitrogens with zero attached hydrogens (tertiary/aromatic N) is 4. The van der Waals surface area contributed by atoms with E-state index in [4.69, 9.17) is 17.2 Å². The van der Waals surface area contributed by atoms with Crippen molar-refractivity contribution in [2.75, 3.05) is 36.4 Å². The van der Waals surface area contributed by atoms with E-state index >= 15 is 0 Å². The van der Waals surface area contributed by atoms with Crippen LogP contribution in [-0.4, -0.2) is 46.2 Å². The summed E-state index contributed by atoms with van der Waals surface area (Å²) in [4.78, 5) is 13.6. The van der Waals surface area contributed by atoms with Gasteiger partial charge in [0.2, 0.25) is 0 Å². The molecule has 1 aromatic carbocycles. The maximum absolute atomic E-state index is 13.0. The first-order chi connectivity index (χ1) is 12.4. The standard InChI is InChI=1S/C19H24FN5S/c1-13(2)18-21-14(3)12-17(23-18)24-8-10-25(11-9-24)19(26)22-16-6-4-15(20)5-7-16/h4-7,12-13H,8-11H2,1-3H3,(H,22,26). The summed E-state index contributed by atoms with van der Waals surface area (Å²) in [6.45, 7) is 9.54. The van der Waals surface area contributed by atoms with Gasteiger partial charge < -0.3 is 15.1 Å². The number of aryl methyl sites for hydroxylation is 1. The molecule has 5 nitrogen and oxygen atoms in total. The van der Waals surface area contributed by atoms with Crippen molar-refractivity contribution in [3.8, 4) is 0 Å². The molecule has 0 atom stereocenters. The Bertz CT molecular complexity index is 770. The van der Waals surface area contributed by atoms with E-state index in [1.165, 1.54) is 12.1 Å². The van der Waals surface area contributed by atoms with Gasteiger partial charge in [0.25, 0.3) is 0 Å². The van der Waals surface area contributed by atoms with E-state index in [0.717, 1.165) is 49.2 Å². The molecule has 3 rings (SSSR count). The Morgan fingerprint density at radius 2 is 1.77 bits per heavy atom. The van der Waals surface area contributed by atoms with Crippen LogP contribution in [0.25, 0.3) is 0 Å². The minimum Gasteiger partial charge on any atom is -0.353 e. The molecule has 1 saturated heterocycles. The molecular formula is C19H24FN5S. The molecule has 26 heavy (non-hydrogen) atoms. The zero-order valence-electron chi connectivity index (χ0n) is 15.4. The summed E-state index contributed by atoms with van der Waals surface area (Å²) in [5.41, 5.74) is 1.79. The maximum atomic E-state index is 13.0. The fraction of sp³-hybridized carbons (Fsp3) is 0.421. The molecule has 1 aliphatic rings. The minimum atomic E-state index is -0.254. The molecule has 7 heteroatoms. The number of hydrogen-bond donors (Lipinski definition) is 1. The van der Waals surface area contributed by atoms with Gasteiger partial charge in [0.15, 0.2) is 5.11 Å². The van der Waals surface area contributed by atoms with Gasteiger partial charge in [0, 0.05) is 49.5 Å². The van der Waals surface area contributed by atoms with Gasteiger partial charge in [-0.15, -0.1) is 0 Å². The van der Waals surface area contributed by atoms with Crippen molar-refractivity contribution in [3.63, 3.8) is 0 Å². The van der Waals surface area contributed by atoms with Crippen LogP contribution < -0.4 is 10.2 Å². The number of anilines is 2. The van der Waals surface area contributed by atoms with Crippen LogP contribution in [0.3, 0.4) is 0 Å². The molecule has 0 aliphatic carbocycles. The number of aromatic nitrogens is 2. The second-order valence-corrected chi connectivity index (χ2v) is 7.18. The van der Waals surface area contributed by atoms with Crippen LogP contribution in [-0.2, 0) is 0 Å². The topological polar surface area (TPSA) is 44.3 Å². The SMILES string of the molecule is Cc1cc(N2CCN(C(=S)Nc3ccc(F)cc3)CC2)nc(C(C)C)n1. The van der Waals surface area contributed by atoms with E-state index in [-0.39, 0.29) is 5.82 Å². The third-order valence-corrected chi connectivity index (χ3v) is 4.72. The Kier molecular flexibility index (Phi) is 5.66. The lowest BCUT2D eigenvalue weighted by Crippen LogP contribution is -2.50. The van der Waals surface area contributed by atoms with Gasteiger partial charge in [-0.25, -0.2) is 14.4 Å². The summed E-state index contributed by atoms with van der Waals surface area (Å²) in [5, 5.41) is 3.84. The highest BCUT2D eigenvalue weighted by molar-refractivity contribution is 7.80. The Balaban J connectivity index is 1.60. The number of nitrogens with one attached hydrogen (secondary N) is 1. The van der Waals surface area contributed by atoms with Crippen LogP contribution in [0.2, 0.25) is 0 Å². The normalized spacial score (nSPS) is 14.7. The molecule has 1 aromatic heterocycles. The van der Waals surface area contributed by atoms with Crippen molar-refractivity contribution in [1.29, 1.82) is 0 Å². The van der Waals surface area contributed by atoms with Crippen molar-refractivity contribution in [3.05, 3.63) is 47.7 Å². The molecule has 0 bridgehead atoms. The van der Waals surface area contributed by atoms with Gasteiger partial charge in [-0.2, -0.15) is 0 Å². The third-order valence-electron chi connectivity index (χ3n) is 4.36. The van der Waals surface area contributed by atoms with E-state index in [2.05, 4.69) is 33.9 Å². The van der Waals surface area contributed by atoms with Crippen LogP contribution >= 0.6 is 12.2 Å². The molecule has 0 saturated carbocycles. The van der Waals surface area contributed by atoms with Gasteiger partial charge in [0.05, 0.1) is 0 Å². The molecule has 0 unspecified atom stereocenters. The first-order valence-electron chi connectivity index (χ1n) is 8.84. The molecule has 2 aromatic rings. The largest absolute Gasteiger partial charge is 0.353 e. The first-order valence-corrected chi connectivity index (χ1v) is 9.25. The lowest BCUT2D eigenvalue weighted by Gasteiger charge is -2.37. The minimum absolute atomic E-state index is 0.254. The Labute approximate surface area is 159 Å². The van der Waals surface area contributed by atoms with Crippen LogP contribution in [0.1, 0.15) is 31.3 Å². The van der Waals surface area contributed by atoms with Crippen molar-refractivity contribution in [2.45, 2.75) is 26.7 Å². The zero-order chi connectivity index (χ0) is 18.7. The van der Waals surface area contributed by atoms with Crippen LogP contribution in [0.4, 0.5) is 15.9 Å². The van der Waals surface area contributed by atoms with Crippen molar-refractivity contribution < 1.29 is 4.39 Å². The average molecular weight is 374 g/mol. The lowest BCUT2D eigenvalue weighted by atomic mass is 10.2. The van der Waals surface area contributed by atoms with Gasteiger partial charge in [-0.1, -0.05) is 13.8 Å². The first kappa shape index (κ1) is 18.5. The van der Waals surface area contributed by atoms with E-state index in [9.17, 15) is 4.39 Å². The lowest BCUT2D eigenvalue weighted by molar-refractivity contribution is 0.389. The summed E-state index contributed by atoms with van der Waals surface area (Å²) >= 11 is 5.50. The summed E-state index contributed by atoms with van der Waals surface area (Å²) in [6, 6.07) is 8.26. The van der Waals surface area contributed by atoms with Gasteiger partial charge in [0.1, 0.15) is 17.5 Å². The number of rotatable bonds is 3. The number of piperazine rings is 1. The smallest absolute Gasteiger partial charge is 0.173 e. The highest BCUT2D eigenvalue weighted by Gasteiger charge is 2.21. The Morgan fingerprint density at radius 3 is 2.38 bits per heavy atom. The molecule has 1 fully saturated rings. The highest BCUT2D eigenvalue weighted by atomic mass is 32.1. The quantitative estimate of drug-likeness (QED) is 0.830. The number of thiocarbonyl (C=S) groups is 1. The highest BCUT2D eigenvalue weighted by Crippen LogP contribution is 2.19. The molecule has 1 N–H and O–H groups in total. The number of halogens is 1. The molecular weight excluding hydrogens is 349 g/mol. The second-order valence-electron chi connectivity index (χ2n) is 6.79. The average Bonchev–Trinajstić information content (AvgIpc) is 2.63. The van der Waals surface area contributed by atoms with Crippen molar-refractivity contribution in [1.82, 2.24) is 14.9 Å². The zero-order valence-corrected chi connectivity index (χ0v) is 16.2. The summed E-state index contributed by atoms with van der Waals surface area (Å²) in [6.07, 6.45) is 0. The molecule has 0 radical (unpaired) electrons. The van der Waals surface area contributed by atoms with E-state index in [0.29, 0.717) is 11.0 Å². The second kappa shape index (κ2) is 7.95. The van der Waals surface area contributed by atoms with E-state index in [1.807, 2.05) is 13.0 Å². The van der Waals surface area contributed by atoms with Crippen LogP contribution in [0, 0.1) is 12.7 Å². The summed E-state index contributed by atoms with van der Waals surface area (Å²) < 4.78 is 13.0. The number of benzene rings is 1. The molecule has 0 amide bonds. The Hall–Kier alpha value is -2.28. The van der Waals surface area contributed by atoms with Gasteiger partial charge >= 0.3 is 0 Å². The molecule has 0 spiro atoms. The Morgan fingerprint density at radius 1 is 1.12 bits per heavy atom. The van der Waals surface area contributed by atoms with Gasteiger partial charge in [-0.3, -0.25) is 0 Å². The van der Waals surface area contributed by atoms with Crippen LogP contribution in [0.5, 0.6) is 0 Å². The third kappa shape index (κ3) is 4.46. The fourth-order valence-corrected chi connectivity index (χ4v) is 3.17. The summed E-state index contributed by atoms with van der Waals surface area (Å²) in [7, 11) is 0. The van der Waals surface area contributed by atoms with E-state index < -0.39 is 0 Å². The molecule has 138 valence electrons. The molecule has 2 heterocycles. The van der Waals surface area contributed by atoms with Crippen molar-refractivity contribution >= 4 is 28.8 Å². The summed E-state index contributed by atoms with van der Waals surface area (Å²) in [5.74, 6) is 1.92. The monoisotopic (exact) mass is 373 g/mol. The van der Waals surface area contributed by atoms with Gasteiger partial charge in [-0.05, 0) is 43.4 Å². The van der Waals surface area contributed by atoms with Crippen molar-refractivity contribution in [2.24, 2.45) is 0 Å². The van der Waals surface area contributed by atoms with E-state index in [1.54, 1.807) is 12.1 Å². The predicted octanol–water partition coefficient (Wildman–Crippen LogP) is 3.57. The predicted molar refractivity (Wildman–Crippen MR) is 107 cm³/mol.